The van der Waals surface area contributed by atoms with E-state index in [0.29, 0.717) is 48.8 Å². The van der Waals surface area contributed by atoms with Crippen LogP contribution in [0, 0.1) is 42.9 Å². The van der Waals surface area contributed by atoms with Crippen molar-refractivity contribution in [2.75, 3.05) is 26.4 Å². The maximum atomic E-state index is 15.6. The van der Waals surface area contributed by atoms with E-state index >= 15 is 4.39 Å². The number of rotatable bonds is 20. The van der Waals surface area contributed by atoms with Crippen molar-refractivity contribution in [1.29, 1.82) is 0 Å². The largest absolute Gasteiger partial charge is 0.394 e. The molecule has 4 aliphatic heterocycles. The van der Waals surface area contributed by atoms with Gasteiger partial charge in [-0.1, -0.05) is 144 Å². The fourth-order valence-electron chi connectivity index (χ4n) is 16.3. The van der Waals surface area contributed by atoms with Gasteiger partial charge in [0.1, 0.15) is 151 Å². The van der Waals surface area contributed by atoms with Gasteiger partial charge in [0.15, 0.2) is 6.17 Å². The molecule has 4 aliphatic rings. The number of benzene rings is 8. The summed E-state index contributed by atoms with van der Waals surface area (Å²) in [5.41, 5.74) is 9.64. The Morgan fingerprint density at radius 3 is 0.992 bits per heavy atom. The van der Waals surface area contributed by atoms with Crippen LogP contribution in [0.4, 0.5) is 26.3 Å². The smallest absolute Gasteiger partial charge is 0.160 e. The van der Waals surface area contributed by atoms with Crippen molar-refractivity contribution in [2.45, 2.75) is 194 Å². The molecule has 0 aliphatic carbocycles. The lowest BCUT2D eigenvalue weighted by Gasteiger charge is -2.40. The molecule has 0 bridgehead atoms. The highest BCUT2D eigenvalue weighted by atomic mass is 35.5. The monoisotopic (exact) mass is 1890 g/mol. The zero-order chi connectivity index (χ0) is 92.9. The molecular formula is C99H105ClF6O20S4. The first kappa shape index (κ1) is 101. The lowest BCUT2D eigenvalue weighted by atomic mass is 9.79. The van der Waals surface area contributed by atoms with Gasteiger partial charge < -0.3 is 101 Å². The van der Waals surface area contributed by atoms with E-state index in [0.717, 1.165) is 73.1 Å². The summed E-state index contributed by atoms with van der Waals surface area (Å²) < 4.78 is 106. The zero-order valence-corrected chi connectivity index (χ0v) is 74.5. The number of thiophene rings is 4. The molecule has 8 aromatic carbocycles. The van der Waals surface area contributed by atoms with Gasteiger partial charge in [-0.25, -0.2) is 26.3 Å². The Labute approximate surface area is 769 Å². The van der Waals surface area contributed by atoms with Crippen LogP contribution in [-0.4, -0.2) is 206 Å². The van der Waals surface area contributed by atoms with Crippen molar-refractivity contribution >= 4 is 56.9 Å². The SMILES string of the molecule is C.CC(c1ccc(-c2ccc(F)cc2)s1)c1cc([C@@H]2O[C@H](CO)[C@@H](O)[C@H](O)[C@H]2O)ccc1Cl.CC(c1ccc(-c2ccc(F)cc2)s1)c1cc([C@@H]2O[C@H](CO)[C@@H](O)[C@H](O)[C@H]2O)ccc1F.Cc1ccc([C@@H]2O[C@H](CO)[C@@H](O)[C@H](O)[C@H]2O)cc1C(C)(C)c1ccc(-c2ccc(F)cc2)s1.Cc1ccc([C@@H]2O[C@H](CO)[C@@H](O)[C@H](O)[C@H]2O)cc1C(F)c1ccc(-c2ccc(F)cc2)s1. The second-order valence-electron chi connectivity index (χ2n) is 33.0. The fourth-order valence-corrected chi connectivity index (χ4v) is 20.8. The van der Waals surface area contributed by atoms with Crippen molar-refractivity contribution < 1.29 is 127 Å². The summed E-state index contributed by atoms with van der Waals surface area (Å²) in [6, 6.07) is 60.5. The van der Waals surface area contributed by atoms with Gasteiger partial charge in [0, 0.05) is 61.3 Å². The molecule has 694 valence electrons. The first-order chi connectivity index (χ1) is 61.5. The molecule has 16 N–H and O–H groups in total. The van der Waals surface area contributed by atoms with Gasteiger partial charge in [0.2, 0.25) is 0 Å². The average Bonchev–Trinajstić information content (AvgIpc) is 1.30. The van der Waals surface area contributed by atoms with Crippen LogP contribution in [0.2, 0.25) is 5.02 Å². The van der Waals surface area contributed by atoms with Crippen molar-refractivity contribution in [2.24, 2.45) is 0 Å². The van der Waals surface area contributed by atoms with Crippen LogP contribution in [0.15, 0.2) is 218 Å². The van der Waals surface area contributed by atoms with Crippen molar-refractivity contribution in [3.05, 3.63) is 328 Å². The highest BCUT2D eigenvalue weighted by Crippen LogP contribution is 2.47. The number of aliphatic hydroxyl groups is 16. The zero-order valence-electron chi connectivity index (χ0n) is 70.5. The predicted octanol–water partition coefficient (Wildman–Crippen LogP) is 15.0. The summed E-state index contributed by atoms with van der Waals surface area (Å²) in [4.78, 5) is 7.33. The third kappa shape index (κ3) is 22.2. The third-order valence-electron chi connectivity index (χ3n) is 24.1. The second-order valence-corrected chi connectivity index (χ2v) is 37.8. The highest BCUT2D eigenvalue weighted by Gasteiger charge is 2.49. The van der Waals surface area contributed by atoms with Crippen molar-refractivity contribution in [1.82, 2.24) is 0 Å². The summed E-state index contributed by atoms with van der Waals surface area (Å²) in [5, 5.41) is 161. The van der Waals surface area contributed by atoms with Gasteiger partial charge in [-0.3, -0.25) is 0 Å². The summed E-state index contributed by atoms with van der Waals surface area (Å²) in [5.74, 6) is -2.03. The quantitative estimate of drug-likeness (QED) is 0.0315. The van der Waals surface area contributed by atoms with Crippen LogP contribution < -0.4 is 0 Å². The van der Waals surface area contributed by atoms with Crippen LogP contribution >= 0.6 is 56.9 Å². The van der Waals surface area contributed by atoms with Crippen LogP contribution in [0.25, 0.3) is 41.8 Å². The Bertz CT molecular complexity index is 5290. The summed E-state index contributed by atoms with van der Waals surface area (Å²) in [6.07, 6.45) is -26.5. The van der Waals surface area contributed by atoms with Crippen molar-refractivity contribution in [3.63, 3.8) is 0 Å². The van der Waals surface area contributed by atoms with Crippen LogP contribution in [0.1, 0.15) is 153 Å². The van der Waals surface area contributed by atoms with Gasteiger partial charge in [-0.05, 0) is 213 Å². The number of halogens is 7. The van der Waals surface area contributed by atoms with E-state index in [1.165, 1.54) is 83.3 Å². The number of hydrogen-bond donors (Lipinski definition) is 16. The number of aryl methyl sites for hydroxylation is 2. The van der Waals surface area contributed by atoms with E-state index in [4.69, 9.17) is 30.5 Å². The molecule has 0 spiro atoms. The molecule has 20 nitrogen and oxygen atoms in total. The summed E-state index contributed by atoms with van der Waals surface area (Å²) >= 11 is 12.5. The number of alkyl halides is 1. The van der Waals surface area contributed by atoms with Crippen LogP contribution in [0.5, 0.6) is 0 Å². The highest BCUT2D eigenvalue weighted by molar-refractivity contribution is 7.16. The molecule has 16 rings (SSSR count). The van der Waals surface area contributed by atoms with Gasteiger partial charge >= 0.3 is 0 Å². The number of hydrogen-bond acceptors (Lipinski definition) is 24. The topological polar surface area (TPSA) is 361 Å². The Morgan fingerprint density at radius 1 is 0.331 bits per heavy atom. The average molecular weight is 1890 g/mol. The predicted molar refractivity (Wildman–Crippen MR) is 487 cm³/mol. The Hall–Kier alpha value is -8.37. The molecule has 12 aromatic rings. The first-order valence-electron chi connectivity index (χ1n) is 41.6. The normalized spacial score (nSPS) is 26.3. The van der Waals surface area contributed by atoms with Crippen molar-refractivity contribution in [3.8, 4) is 41.8 Å². The van der Waals surface area contributed by atoms with E-state index in [1.807, 2.05) is 75.4 Å². The third-order valence-corrected chi connectivity index (χ3v) is 29.7. The maximum absolute atomic E-state index is 15.6. The Morgan fingerprint density at radius 2 is 0.623 bits per heavy atom. The van der Waals surface area contributed by atoms with Crippen LogP contribution in [-0.2, 0) is 24.4 Å². The lowest BCUT2D eigenvalue weighted by Crippen LogP contribution is -2.55. The molecule has 4 aromatic heterocycles. The maximum Gasteiger partial charge on any atom is 0.160 e. The number of ether oxygens (including phenoxy) is 4. The molecular weight excluding hydrogens is 1790 g/mol. The Balaban J connectivity index is 0.000000156. The summed E-state index contributed by atoms with van der Waals surface area (Å²) in [7, 11) is 0. The molecule has 3 unspecified atom stereocenters. The molecule has 8 heterocycles. The standard InChI is InChI=1S/C26H29FO5S.C24H24ClFO5S.2C24H24F2O5S.CH4/c1-14-4-5-16(25-24(31)23(30)22(29)19(13-28)32-25)12-18(14)26(2,3)21-11-10-20(33-21)15-6-8-17(27)9-7-15;1-12(19-8-9-20(32-19)13-2-5-15(26)6-3-13)16-10-14(4-7-17(16)25)24-23(30)22(29)21(28)18(11-27)31-24;1-12(19-8-9-20(32-19)13-2-5-15(25)6-3-13)16-10-14(4-7-17(16)26)24-23(30)22(29)21(28)18(11-27)31-24;1-12-2-3-14(24-23(30)22(29)21(28)17(11-27)31-24)10-16(12)20(26)19-9-8-18(32-19)13-4-6-15(25)7-5-13;/h4-12,19,22-25,28-31H,13H2,1-3H3;2*2-10,12,18,21-24,27-30H,11H2,1H3;2-10,17,20-24,27-30H,11H2,1H3;1H4/t19-,22-,23+,24-,25+;2*12?,18-,21-,22+,23-,24+;17-,20?,21-,22+,23-,24+;/m1111./s1. The summed E-state index contributed by atoms with van der Waals surface area (Å²) in [6.45, 7) is 9.87. The molecule has 31 heteroatoms. The lowest BCUT2D eigenvalue weighted by molar-refractivity contribution is -0.231. The van der Waals surface area contributed by atoms with E-state index in [-0.39, 0.29) is 47.9 Å². The van der Waals surface area contributed by atoms with Crippen LogP contribution in [0.3, 0.4) is 0 Å². The molecule has 0 radical (unpaired) electrons. The Kier molecular flexibility index (Phi) is 33.9. The first-order valence-corrected chi connectivity index (χ1v) is 45.3. The molecule has 4 fully saturated rings. The second kappa shape index (κ2) is 43.8. The molecule has 0 amide bonds. The van der Waals surface area contributed by atoms with Gasteiger partial charge in [-0.2, -0.15) is 0 Å². The molecule has 4 saturated heterocycles. The number of aliphatic hydroxyl groups excluding tert-OH is 16. The minimum Gasteiger partial charge on any atom is -0.394 e. The van der Waals surface area contributed by atoms with E-state index < -0.39 is 160 Å². The van der Waals surface area contributed by atoms with E-state index in [2.05, 4.69) is 19.9 Å². The van der Waals surface area contributed by atoms with Gasteiger partial charge in [-0.15, -0.1) is 45.3 Å². The van der Waals surface area contributed by atoms with Gasteiger partial charge in [0.05, 0.1) is 26.4 Å². The fraction of sp³-hybridized carbons (Fsp3) is 0.354. The minimum atomic E-state index is -1.51. The minimum absolute atomic E-state index is 0. The van der Waals surface area contributed by atoms with E-state index in [9.17, 15) is 104 Å². The van der Waals surface area contributed by atoms with Gasteiger partial charge in [0.25, 0.3) is 0 Å². The molecule has 0 saturated carbocycles. The van der Waals surface area contributed by atoms with E-state index in [1.54, 1.807) is 127 Å². The molecule has 23 atom stereocenters. The molecule has 130 heavy (non-hydrogen) atoms.